The molecule has 21 heteroatoms. The molecule has 0 saturated carbocycles. The number of thioether (sulfide) groups is 3. The van der Waals surface area contributed by atoms with Crippen molar-refractivity contribution in [3.8, 4) is 0 Å². The average molecular weight is 843 g/mol. The normalized spacial score (nSPS) is 12.6. The van der Waals surface area contributed by atoms with Crippen LogP contribution < -0.4 is 0 Å². The first-order chi connectivity index (χ1) is 24.4. The van der Waals surface area contributed by atoms with Gasteiger partial charge in [-0.25, -0.2) is 0 Å². The Balaban J connectivity index is 5.12. The fraction of sp³-hybridized carbons (Fsp3) is 0.900. The van der Waals surface area contributed by atoms with E-state index in [0.29, 0.717) is 59.1 Å². The Morgan fingerprint density at radius 1 is 0.431 bits per heavy atom. The van der Waals surface area contributed by atoms with E-state index in [1.165, 1.54) is 0 Å². The summed E-state index contributed by atoms with van der Waals surface area (Å²) in [6.07, 6.45) is 0.975. The highest BCUT2D eigenvalue weighted by Gasteiger charge is 2.39. The quantitative estimate of drug-likeness (QED) is 0.0395. The van der Waals surface area contributed by atoms with Gasteiger partial charge < -0.3 is 54.0 Å². The molecular weight excluding hydrogens is 781 g/mol. The number of ether oxygens (including phenoxy) is 3. The van der Waals surface area contributed by atoms with Gasteiger partial charge in [0, 0.05) is 99.4 Å². The number of carbonyl (C=O) groups excluding carboxylic acids is 3. The molecule has 0 aliphatic carbocycles. The molecule has 0 aromatic rings. The molecule has 0 aliphatic rings. The molecule has 0 unspecified atom stereocenters. The molecule has 0 aromatic carbocycles. The van der Waals surface area contributed by atoms with Gasteiger partial charge in [-0.05, 0) is 23.7 Å². The number of carbonyl (C=O) groups is 3. The van der Waals surface area contributed by atoms with E-state index in [2.05, 4.69) is 0 Å². The van der Waals surface area contributed by atoms with Crippen LogP contribution in [0.5, 0.6) is 0 Å². The van der Waals surface area contributed by atoms with Crippen LogP contribution in [0.2, 0.25) is 18.1 Å². The first kappa shape index (κ1) is 50.8. The van der Waals surface area contributed by atoms with E-state index in [1.54, 1.807) is 99.3 Å². The lowest BCUT2D eigenvalue weighted by atomic mass is 9.88. The summed E-state index contributed by atoms with van der Waals surface area (Å²) in [6.45, 7) is 1.67. The second kappa shape index (κ2) is 29.1. The van der Waals surface area contributed by atoms with Gasteiger partial charge in [0.25, 0.3) is 0 Å². The standard InChI is InChI=1S/C30H62O15S3Si3/c1-11-30(24-43-27(31)12-15-46-18-21-49(34-2,35-3)36-4,25-44-28(32)13-16-47-19-22-50(37-5,38-6)39-7)26-45-29(33)14-17-48-20-23-51(40-8,41-9)42-10/h11-26H2,1-10H3. The van der Waals surface area contributed by atoms with Crippen molar-refractivity contribution in [1.29, 1.82) is 0 Å². The maximum Gasteiger partial charge on any atom is 0.500 e. The third kappa shape index (κ3) is 20.3. The highest BCUT2D eigenvalue weighted by atomic mass is 32.2. The Labute approximate surface area is 321 Å². The lowest BCUT2D eigenvalue weighted by molar-refractivity contribution is -0.161. The highest BCUT2D eigenvalue weighted by Crippen LogP contribution is 2.26. The van der Waals surface area contributed by atoms with Crippen LogP contribution in [0.25, 0.3) is 0 Å². The largest absolute Gasteiger partial charge is 0.500 e. The van der Waals surface area contributed by atoms with Gasteiger partial charge in [-0.15, -0.1) is 0 Å². The summed E-state index contributed by atoms with van der Waals surface area (Å²) in [7, 11) is 6.04. The van der Waals surface area contributed by atoms with Gasteiger partial charge in [-0.2, -0.15) is 35.3 Å². The van der Waals surface area contributed by atoms with Crippen molar-refractivity contribution in [2.45, 2.75) is 50.7 Å². The highest BCUT2D eigenvalue weighted by molar-refractivity contribution is 7.99. The Bertz CT molecular complexity index is 809. The van der Waals surface area contributed by atoms with E-state index >= 15 is 0 Å². The summed E-state index contributed by atoms with van der Waals surface area (Å²) in [5.74, 6) is 2.48. The van der Waals surface area contributed by atoms with Crippen LogP contribution in [0, 0.1) is 5.41 Å². The second-order valence-corrected chi connectivity index (χ2v) is 24.0. The molecule has 0 amide bonds. The van der Waals surface area contributed by atoms with Crippen molar-refractivity contribution >= 4 is 79.6 Å². The Kier molecular flexibility index (Phi) is 29.0. The minimum atomic E-state index is -2.68. The van der Waals surface area contributed by atoms with Crippen molar-refractivity contribution in [3.63, 3.8) is 0 Å². The molecule has 302 valence electrons. The second-order valence-electron chi connectivity index (χ2n) is 11.1. The molecule has 0 N–H and O–H groups in total. The number of rotatable bonds is 34. The van der Waals surface area contributed by atoms with Gasteiger partial charge >= 0.3 is 44.3 Å². The van der Waals surface area contributed by atoms with Gasteiger partial charge in [0.15, 0.2) is 0 Å². The number of hydrogen-bond acceptors (Lipinski definition) is 18. The van der Waals surface area contributed by atoms with E-state index in [-0.39, 0.29) is 39.1 Å². The molecule has 0 rings (SSSR count). The predicted octanol–water partition coefficient (Wildman–Crippen LogP) is 4.02. The predicted molar refractivity (Wildman–Crippen MR) is 206 cm³/mol. The summed E-state index contributed by atoms with van der Waals surface area (Å²) in [6, 6.07) is 1.82. The van der Waals surface area contributed by atoms with Crippen LogP contribution in [0.3, 0.4) is 0 Å². The van der Waals surface area contributed by atoms with Crippen LogP contribution >= 0.6 is 35.3 Å². The maximum absolute atomic E-state index is 12.7. The molecule has 0 bridgehead atoms. The van der Waals surface area contributed by atoms with Gasteiger partial charge in [-0.1, -0.05) is 6.92 Å². The van der Waals surface area contributed by atoms with Crippen molar-refractivity contribution in [2.75, 3.05) is 118 Å². The van der Waals surface area contributed by atoms with Crippen LogP contribution in [0.15, 0.2) is 0 Å². The zero-order valence-electron chi connectivity index (χ0n) is 32.2. The monoisotopic (exact) mass is 842 g/mol. The number of esters is 3. The molecular formula is C30H62O15S3Si3. The van der Waals surface area contributed by atoms with Gasteiger partial charge in [0.1, 0.15) is 19.8 Å². The Hall–Kier alpha value is -0.249. The first-order valence-corrected chi connectivity index (χ1v) is 25.8. The molecule has 0 heterocycles. The zero-order chi connectivity index (χ0) is 38.7. The minimum absolute atomic E-state index is 0.0698. The van der Waals surface area contributed by atoms with Crippen LogP contribution in [-0.4, -0.2) is 163 Å². The Morgan fingerprint density at radius 3 is 0.863 bits per heavy atom. The third-order valence-electron chi connectivity index (χ3n) is 8.18. The average Bonchev–Trinajstić information content (AvgIpc) is 3.16. The molecule has 0 radical (unpaired) electrons. The zero-order valence-corrected chi connectivity index (χ0v) is 37.6. The van der Waals surface area contributed by atoms with Crippen LogP contribution in [0.4, 0.5) is 0 Å². The third-order valence-corrected chi connectivity index (χ3v) is 20.4. The lowest BCUT2D eigenvalue weighted by Gasteiger charge is -2.31. The molecule has 15 nitrogen and oxygen atoms in total. The maximum atomic E-state index is 12.7. The summed E-state index contributed by atoms with van der Waals surface area (Å²) in [5, 5.41) is 0. The van der Waals surface area contributed by atoms with E-state index in [1.807, 2.05) is 6.92 Å². The smallest absolute Gasteiger partial charge is 0.465 e. The SMILES string of the molecule is CCC(COC(=O)CCSCC[Si](OC)(OC)OC)(COC(=O)CCSCC[Si](OC)(OC)OC)COC(=O)CCSCC[Si](OC)(OC)OC. The molecule has 0 spiro atoms. The Morgan fingerprint density at radius 2 is 0.667 bits per heavy atom. The van der Waals surface area contributed by atoms with Crippen LogP contribution in [0.1, 0.15) is 32.6 Å². The van der Waals surface area contributed by atoms with Crippen molar-refractivity contribution in [3.05, 3.63) is 0 Å². The lowest BCUT2D eigenvalue weighted by Crippen LogP contribution is -2.43. The summed E-state index contributed by atoms with van der Waals surface area (Å²) in [4.78, 5) is 38.2. The first-order valence-electron chi connectivity index (χ1n) is 16.6. The van der Waals surface area contributed by atoms with E-state index in [4.69, 9.17) is 54.0 Å². The van der Waals surface area contributed by atoms with Crippen molar-refractivity contribution < 1.29 is 68.4 Å². The fourth-order valence-electron chi connectivity index (χ4n) is 4.38. The topological polar surface area (TPSA) is 162 Å². The van der Waals surface area contributed by atoms with Crippen molar-refractivity contribution in [1.82, 2.24) is 0 Å². The van der Waals surface area contributed by atoms with E-state index < -0.39 is 49.7 Å². The molecule has 0 saturated heterocycles. The van der Waals surface area contributed by atoms with Crippen LogP contribution in [-0.2, 0) is 68.4 Å². The number of hydrogen-bond donors (Lipinski definition) is 0. The summed E-state index contributed by atoms with van der Waals surface area (Å²) < 4.78 is 65.9. The van der Waals surface area contributed by atoms with Gasteiger partial charge in [-0.3, -0.25) is 14.4 Å². The molecule has 0 atom stereocenters. The molecule has 51 heavy (non-hydrogen) atoms. The molecule has 0 aliphatic heterocycles. The van der Waals surface area contributed by atoms with E-state index in [0.717, 1.165) is 0 Å². The summed E-state index contributed by atoms with van der Waals surface area (Å²) >= 11 is 4.70. The summed E-state index contributed by atoms with van der Waals surface area (Å²) in [5.41, 5.74) is -0.907. The van der Waals surface area contributed by atoms with Gasteiger partial charge in [0.2, 0.25) is 0 Å². The minimum Gasteiger partial charge on any atom is -0.465 e. The van der Waals surface area contributed by atoms with Gasteiger partial charge in [0.05, 0.1) is 24.7 Å². The van der Waals surface area contributed by atoms with E-state index in [9.17, 15) is 14.4 Å². The molecule has 0 aromatic heterocycles. The fourth-order valence-corrected chi connectivity index (χ4v) is 14.0. The van der Waals surface area contributed by atoms with Crippen molar-refractivity contribution in [2.24, 2.45) is 5.41 Å². The molecule has 0 fully saturated rings.